The van der Waals surface area contributed by atoms with Crippen molar-refractivity contribution in [3.8, 4) is 11.4 Å². The Hall–Kier alpha value is -2.63. The van der Waals surface area contributed by atoms with Gasteiger partial charge in [-0.15, -0.1) is 0 Å². The molecular weight excluding hydrogens is 366 g/mol. The first-order valence-electron chi connectivity index (χ1n) is 10.3. The fourth-order valence-electron chi connectivity index (χ4n) is 3.06. The largest absolute Gasteiger partial charge is 0.460 e. The van der Waals surface area contributed by atoms with Crippen LogP contribution in [0.1, 0.15) is 79.0 Å². The summed E-state index contributed by atoms with van der Waals surface area (Å²) < 4.78 is 10.3. The van der Waals surface area contributed by atoms with Crippen LogP contribution >= 0.6 is 0 Å². The maximum Gasteiger partial charge on any atom is 0.303 e. The van der Waals surface area contributed by atoms with Crippen molar-refractivity contribution >= 4 is 16.9 Å². The van der Waals surface area contributed by atoms with Gasteiger partial charge in [0.1, 0.15) is 5.60 Å². The van der Waals surface area contributed by atoms with Gasteiger partial charge in [-0.3, -0.25) is 4.79 Å². The van der Waals surface area contributed by atoms with Gasteiger partial charge in [0.15, 0.2) is 0 Å². The molecule has 0 aliphatic rings. The number of para-hydroxylation sites is 1. The molecule has 1 N–H and O–H groups in total. The van der Waals surface area contributed by atoms with Crippen molar-refractivity contribution < 1.29 is 14.1 Å². The SMILES string of the molecule is CC(=O)OC(C)(C)C.CCCCCC(C)c1nc(-c2c[nH]c3ccccc23)no1. The van der Waals surface area contributed by atoms with Gasteiger partial charge in [0.05, 0.1) is 0 Å². The second kappa shape index (κ2) is 10.2. The van der Waals surface area contributed by atoms with E-state index in [0.29, 0.717) is 11.7 Å². The van der Waals surface area contributed by atoms with E-state index in [1.165, 1.54) is 26.2 Å². The van der Waals surface area contributed by atoms with Crippen molar-refractivity contribution in [2.24, 2.45) is 0 Å². The molecule has 0 aliphatic carbocycles. The average Bonchev–Trinajstić information content (AvgIpc) is 3.27. The highest BCUT2D eigenvalue weighted by atomic mass is 16.6. The number of aromatic amines is 1. The van der Waals surface area contributed by atoms with E-state index in [0.717, 1.165) is 28.8 Å². The lowest BCUT2D eigenvalue weighted by Gasteiger charge is -2.17. The highest BCUT2D eigenvalue weighted by Crippen LogP contribution is 2.28. The number of rotatable bonds is 6. The molecule has 2 aromatic heterocycles. The normalized spacial score (nSPS) is 12.3. The number of esters is 1. The van der Waals surface area contributed by atoms with Crippen LogP contribution in [-0.4, -0.2) is 26.7 Å². The van der Waals surface area contributed by atoms with E-state index in [1.807, 2.05) is 45.2 Å². The van der Waals surface area contributed by atoms with E-state index in [-0.39, 0.29) is 11.6 Å². The molecule has 0 bridgehead atoms. The van der Waals surface area contributed by atoms with Crippen LogP contribution in [0.4, 0.5) is 0 Å². The van der Waals surface area contributed by atoms with Gasteiger partial charge >= 0.3 is 5.97 Å². The van der Waals surface area contributed by atoms with Gasteiger partial charge < -0.3 is 14.2 Å². The number of hydrogen-bond donors (Lipinski definition) is 1. The van der Waals surface area contributed by atoms with Gasteiger partial charge in [0, 0.05) is 35.5 Å². The topological polar surface area (TPSA) is 81.0 Å². The van der Waals surface area contributed by atoms with Gasteiger partial charge in [-0.25, -0.2) is 0 Å². The summed E-state index contributed by atoms with van der Waals surface area (Å²) in [6, 6.07) is 8.16. The van der Waals surface area contributed by atoms with Crippen molar-refractivity contribution in [2.75, 3.05) is 0 Å². The summed E-state index contributed by atoms with van der Waals surface area (Å²) in [5.74, 6) is 1.51. The summed E-state index contributed by atoms with van der Waals surface area (Å²) in [6.45, 7) is 11.3. The molecule has 0 fully saturated rings. The van der Waals surface area contributed by atoms with Crippen LogP contribution < -0.4 is 0 Å². The van der Waals surface area contributed by atoms with Gasteiger partial charge in [-0.05, 0) is 33.3 Å². The summed E-state index contributed by atoms with van der Waals surface area (Å²) in [6.07, 6.45) is 6.75. The summed E-state index contributed by atoms with van der Waals surface area (Å²) in [4.78, 5) is 18.1. The fourth-order valence-corrected chi connectivity index (χ4v) is 3.06. The third-order valence-electron chi connectivity index (χ3n) is 4.38. The minimum atomic E-state index is -0.328. The molecule has 0 spiro atoms. The molecule has 0 saturated carbocycles. The zero-order valence-corrected chi connectivity index (χ0v) is 18.4. The molecule has 6 nitrogen and oxygen atoms in total. The number of unbranched alkanes of at least 4 members (excludes halogenated alkanes) is 2. The molecule has 2 heterocycles. The molecular formula is C23H33N3O3. The Morgan fingerprint density at radius 3 is 2.59 bits per heavy atom. The molecule has 1 atom stereocenters. The molecule has 6 heteroatoms. The maximum atomic E-state index is 10.2. The van der Waals surface area contributed by atoms with Crippen LogP contribution in [0.2, 0.25) is 0 Å². The molecule has 3 rings (SSSR count). The van der Waals surface area contributed by atoms with Crippen molar-refractivity contribution in [1.82, 2.24) is 15.1 Å². The Balaban J connectivity index is 0.000000321. The molecule has 0 radical (unpaired) electrons. The Kier molecular flexibility index (Phi) is 8.00. The molecule has 0 aliphatic heterocycles. The molecule has 3 aromatic rings. The standard InChI is InChI=1S/C17H21N3O.C6H12O2/c1-3-4-5-8-12(2)17-19-16(20-21-17)14-11-18-15-10-7-6-9-13(14)15;1-5(7)8-6(2,3)4/h6-7,9-12,18H,3-5,8H2,1-2H3;1-4H3. The van der Waals surface area contributed by atoms with Crippen LogP contribution in [0.3, 0.4) is 0 Å². The number of nitrogens with one attached hydrogen (secondary N) is 1. The van der Waals surface area contributed by atoms with Gasteiger partial charge in [0.25, 0.3) is 0 Å². The number of hydrogen-bond acceptors (Lipinski definition) is 5. The zero-order valence-electron chi connectivity index (χ0n) is 18.4. The fraction of sp³-hybridized carbons (Fsp3) is 0.522. The Bertz CT molecular complexity index is 905. The van der Waals surface area contributed by atoms with E-state index >= 15 is 0 Å². The quantitative estimate of drug-likeness (QED) is 0.391. The lowest BCUT2D eigenvalue weighted by Crippen LogP contribution is -2.21. The maximum absolute atomic E-state index is 10.2. The first-order valence-corrected chi connectivity index (χ1v) is 10.3. The number of ether oxygens (including phenoxy) is 1. The van der Waals surface area contributed by atoms with Crippen molar-refractivity contribution in [1.29, 1.82) is 0 Å². The van der Waals surface area contributed by atoms with Crippen LogP contribution in [-0.2, 0) is 9.53 Å². The van der Waals surface area contributed by atoms with E-state index in [2.05, 4.69) is 35.0 Å². The first-order chi connectivity index (χ1) is 13.7. The van der Waals surface area contributed by atoms with Gasteiger partial charge in [-0.2, -0.15) is 4.98 Å². The highest BCUT2D eigenvalue weighted by Gasteiger charge is 2.17. The van der Waals surface area contributed by atoms with E-state index < -0.39 is 0 Å². The van der Waals surface area contributed by atoms with Crippen LogP contribution in [0.15, 0.2) is 35.0 Å². The Morgan fingerprint density at radius 1 is 1.24 bits per heavy atom. The molecule has 1 unspecified atom stereocenters. The third-order valence-corrected chi connectivity index (χ3v) is 4.38. The number of nitrogens with zero attached hydrogens (tertiary/aromatic N) is 2. The lowest BCUT2D eigenvalue weighted by atomic mass is 10.0. The van der Waals surface area contributed by atoms with Crippen LogP contribution in [0.25, 0.3) is 22.3 Å². The monoisotopic (exact) mass is 399 g/mol. The summed E-state index contributed by atoms with van der Waals surface area (Å²) in [7, 11) is 0. The number of H-pyrrole nitrogens is 1. The Labute approximate surface area is 173 Å². The van der Waals surface area contributed by atoms with Crippen LogP contribution in [0.5, 0.6) is 0 Å². The number of aromatic nitrogens is 3. The smallest absolute Gasteiger partial charge is 0.303 e. The highest BCUT2D eigenvalue weighted by molar-refractivity contribution is 5.93. The van der Waals surface area contributed by atoms with Crippen molar-refractivity contribution in [2.45, 2.75) is 78.7 Å². The predicted octanol–water partition coefficient (Wildman–Crippen LogP) is 6.25. The van der Waals surface area contributed by atoms with E-state index in [1.54, 1.807) is 0 Å². The number of carbonyl (C=O) groups excluding carboxylic acids is 1. The van der Waals surface area contributed by atoms with Gasteiger partial charge in [-0.1, -0.05) is 56.5 Å². The summed E-state index contributed by atoms with van der Waals surface area (Å²) in [5.41, 5.74) is 1.77. The lowest BCUT2D eigenvalue weighted by molar-refractivity contribution is -0.151. The third kappa shape index (κ3) is 7.04. The molecule has 1 aromatic carbocycles. The summed E-state index contributed by atoms with van der Waals surface area (Å²) in [5, 5.41) is 5.28. The van der Waals surface area contributed by atoms with E-state index in [4.69, 9.17) is 9.26 Å². The first kappa shape index (κ1) is 22.7. The average molecular weight is 400 g/mol. The number of carbonyl (C=O) groups is 1. The second-order valence-electron chi connectivity index (χ2n) is 8.31. The molecule has 158 valence electrons. The molecule has 29 heavy (non-hydrogen) atoms. The number of fused-ring (bicyclic) bond motifs is 1. The second-order valence-corrected chi connectivity index (χ2v) is 8.31. The van der Waals surface area contributed by atoms with Crippen molar-refractivity contribution in [3.05, 3.63) is 36.4 Å². The van der Waals surface area contributed by atoms with E-state index in [9.17, 15) is 4.79 Å². The minimum Gasteiger partial charge on any atom is -0.460 e. The zero-order chi connectivity index (χ0) is 21.4. The summed E-state index contributed by atoms with van der Waals surface area (Å²) >= 11 is 0. The predicted molar refractivity (Wildman–Crippen MR) is 116 cm³/mol. The molecule has 0 saturated heterocycles. The van der Waals surface area contributed by atoms with Crippen molar-refractivity contribution in [3.63, 3.8) is 0 Å². The minimum absolute atomic E-state index is 0.225. The van der Waals surface area contributed by atoms with Gasteiger partial charge in [0.2, 0.25) is 11.7 Å². The molecule has 0 amide bonds. The Morgan fingerprint density at radius 2 is 1.97 bits per heavy atom. The van der Waals surface area contributed by atoms with Crippen LogP contribution in [0, 0.1) is 0 Å². The number of benzene rings is 1.